The number of fused-ring (bicyclic) bond motifs is 1. The summed E-state index contributed by atoms with van der Waals surface area (Å²) >= 11 is 1.69. The van der Waals surface area contributed by atoms with Gasteiger partial charge in [-0.25, -0.2) is 4.98 Å². The molecule has 1 unspecified atom stereocenters. The van der Waals surface area contributed by atoms with Crippen molar-refractivity contribution in [1.29, 1.82) is 0 Å². The number of carbonyl (C=O) groups is 1. The Labute approximate surface area is 151 Å². The summed E-state index contributed by atoms with van der Waals surface area (Å²) in [6, 6.07) is 11.9. The van der Waals surface area contributed by atoms with E-state index in [0.29, 0.717) is 0 Å². The minimum absolute atomic E-state index is 0.0102. The Hall–Kier alpha value is -2.53. The number of aryl methyl sites for hydroxylation is 2. The normalized spacial score (nSPS) is 16.3. The van der Waals surface area contributed by atoms with Gasteiger partial charge < -0.3 is 5.32 Å². The number of hydrogen-bond donors (Lipinski definition) is 1. The maximum absolute atomic E-state index is 12.6. The van der Waals surface area contributed by atoms with Crippen LogP contribution in [0.5, 0.6) is 0 Å². The second-order valence-corrected chi connectivity index (χ2v) is 7.51. The third-order valence-electron chi connectivity index (χ3n) is 4.54. The molecule has 25 heavy (non-hydrogen) atoms. The number of amides is 1. The predicted octanol–water partition coefficient (Wildman–Crippen LogP) is 4.26. The minimum Gasteiger partial charge on any atom is -0.326 e. The van der Waals surface area contributed by atoms with Crippen molar-refractivity contribution < 1.29 is 4.79 Å². The third-order valence-corrected chi connectivity index (χ3v) is 5.71. The molecule has 0 bridgehead atoms. The Morgan fingerprint density at radius 1 is 1.24 bits per heavy atom. The molecule has 2 aromatic heterocycles. The van der Waals surface area contributed by atoms with Gasteiger partial charge in [-0.05, 0) is 50.5 Å². The van der Waals surface area contributed by atoms with Crippen LogP contribution in [0.3, 0.4) is 0 Å². The van der Waals surface area contributed by atoms with Gasteiger partial charge >= 0.3 is 0 Å². The lowest BCUT2D eigenvalue weighted by Crippen LogP contribution is -2.27. The first-order chi connectivity index (χ1) is 12.2. The lowest BCUT2D eigenvalue weighted by Gasteiger charge is -2.20. The molecule has 1 amide bonds. The fraction of sp³-hybridized carbons (Fsp3) is 0.250. The molecule has 1 aliphatic rings. The highest BCUT2D eigenvalue weighted by molar-refractivity contribution is 7.15. The molecule has 0 saturated carbocycles. The zero-order chi connectivity index (χ0) is 17.2. The molecular weight excluding hydrogens is 330 g/mol. The molecular formula is C20H19N3OS. The van der Waals surface area contributed by atoms with Gasteiger partial charge in [0.1, 0.15) is 5.01 Å². The van der Waals surface area contributed by atoms with Crippen LogP contribution in [0.1, 0.15) is 22.6 Å². The molecule has 1 aromatic carbocycles. The van der Waals surface area contributed by atoms with Crippen molar-refractivity contribution in [1.82, 2.24) is 9.97 Å². The second-order valence-electron chi connectivity index (χ2n) is 6.43. The SMILES string of the molecule is Cc1ccc(NC(=O)C2CCc3nc(-c4cccnc4)sc3C2)cc1. The smallest absolute Gasteiger partial charge is 0.227 e. The monoisotopic (exact) mass is 349 g/mol. The van der Waals surface area contributed by atoms with Crippen molar-refractivity contribution in [2.75, 3.05) is 5.32 Å². The summed E-state index contributed by atoms with van der Waals surface area (Å²) in [6.07, 6.45) is 6.08. The first kappa shape index (κ1) is 16.0. The van der Waals surface area contributed by atoms with Gasteiger partial charge in [0.05, 0.1) is 5.69 Å². The maximum atomic E-state index is 12.6. The quantitative estimate of drug-likeness (QED) is 0.769. The molecule has 0 spiro atoms. The summed E-state index contributed by atoms with van der Waals surface area (Å²) < 4.78 is 0. The van der Waals surface area contributed by atoms with Crippen LogP contribution in [0.25, 0.3) is 10.6 Å². The molecule has 5 heteroatoms. The lowest BCUT2D eigenvalue weighted by atomic mass is 9.90. The van der Waals surface area contributed by atoms with Crippen molar-refractivity contribution in [3.05, 3.63) is 64.9 Å². The predicted molar refractivity (Wildman–Crippen MR) is 101 cm³/mol. The van der Waals surface area contributed by atoms with E-state index >= 15 is 0 Å². The summed E-state index contributed by atoms with van der Waals surface area (Å²) in [4.78, 5) is 22.8. The van der Waals surface area contributed by atoms with Crippen LogP contribution in [-0.2, 0) is 17.6 Å². The fourth-order valence-electron chi connectivity index (χ4n) is 3.09. The van der Waals surface area contributed by atoms with Crippen molar-refractivity contribution in [3.63, 3.8) is 0 Å². The van der Waals surface area contributed by atoms with Crippen LogP contribution < -0.4 is 5.32 Å². The van der Waals surface area contributed by atoms with Crippen LogP contribution >= 0.6 is 11.3 Å². The van der Waals surface area contributed by atoms with Gasteiger partial charge in [-0.15, -0.1) is 11.3 Å². The zero-order valence-corrected chi connectivity index (χ0v) is 14.8. The number of aromatic nitrogens is 2. The molecule has 1 aliphatic carbocycles. The maximum Gasteiger partial charge on any atom is 0.227 e. The number of benzene rings is 1. The van der Waals surface area contributed by atoms with Gasteiger partial charge in [-0.1, -0.05) is 17.7 Å². The number of anilines is 1. The van der Waals surface area contributed by atoms with E-state index < -0.39 is 0 Å². The van der Waals surface area contributed by atoms with E-state index in [2.05, 4.69) is 10.3 Å². The highest BCUT2D eigenvalue weighted by Gasteiger charge is 2.27. The van der Waals surface area contributed by atoms with Gasteiger partial charge in [-0.3, -0.25) is 9.78 Å². The van der Waals surface area contributed by atoms with Gasteiger partial charge in [0.15, 0.2) is 0 Å². The number of carbonyl (C=O) groups excluding carboxylic acids is 1. The topological polar surface area (TPSA) is 54.9 Å². The number of pyridine rings is 1. The van der Waals surface area contributed by atoms with E-state index in [-0.39, 0.29) is 11.8 Å². The van der Waals surface area contributed by atoms with Gasteiger partial charge in [0.2, 0.25) is 5.91 Å². The van der Waals surface area contributed by atoms with E-state index in [1.54, 1.807) is 17.5 Å². The largest absolute Gasteiger partial charge is 0.326 e. The Balaban J connectivity index is 1.48. The van der Waals surface area contributed by atoms with E-state index in [0.717, 1.165) is 41.2 Å². The van der Waals surface area contributed by atoms with E-state index in [9.17, 15) is 4.79 Å². The van der Waals surface area contributed by atoms with Gasteiger partial charge in [-0.2, -0.15) is 0 Å². The second kappa shape index (κ2) is 6.76. The Morgan fingerprint density at radius 3 is 2.84 bits per heavy atom. The Kier molecular flexibility index (Phi) is 4.32. The Bertz CT molecular complexity index is 887. The van der Waals surface area contributed by atoms with E-state index in [1.807, 2.05) is 49.5 Å². The van der Waals surface area contributed by atoms with Gasteiger partial charge in [0.25, 0.3) is 0 Å². The minimum atomic E-state index is 0.0102. The summed E-state index contributed by atoms with van der Waals surface area (Å²) in [5.41, 5.74) is 4.24. The number of nitrogens with zero attached hydrogens (tertiary/aromatic N) is 2. The lowest BCUT2D eigenvalue weighted by molar-refractivity contribution is -0.120. The molecule has 1 N–H and O–H groups in total. The number of rotatable bonds is 3. The van der Waals surface area contributed by atoms with E-state index in [4.69, 9.17) is 4.98 Å². The third kappa shape index (κ3) is 3.46. The highest BCUT2D eigenvalue weighted by Crippen LogP contribution is 2.34. The van der Waals surface area contributed by atoms with Crippen LogP contribution in [0.15, 0.2) is 48.8 Å². The first-order valence-electron chi connectivity index (χ1n) is 8.45. The van der Waals surface area contributed by atoms with Gasteiger partial charge in [0, 0.05) is 34.4 Å². The average molecular weight is 349 g/mol. The zero-order valence-electron chi connectivity index (χ0n) is 14.0. The molecule has 0 fully saturated rings. The molecule has 1 atom stereocenters. The van der Waals surface area contributed by atoms with Crippen LogP contribution in [-0.4, -0.2) is 15.9 Å². The van der Waals surface area contributed by atoms with E-state index in [1.165, 1.54) is 10.4 Å². The summed E-state index contributed by atoms with van der Waals surface area (Å²) in [5.74, 6) is 0.113. The van der Waals surface area contributed by atoms with Crippen molar-refractivity contribution in [2.24, 2.45) is 5.92 Å². The van der Waals surface area contributed by atoms with Crippen molar-refractivity contribution >= 4 is 22.9 Å². The first-order valence-corrected chi connectivity index (χ1v) is 9.27. The van der Waals surface area contributed by atoms with Crippen molar-refractivity contribution in [2.45, 2.75) is 26.2 Å². The van der Waals surface area contributed by atoms with Crippen molar-refractivity contribution in [3.8, 4) is 10.6 Å². The molecule has 126 valence electrons. The average Bonchev–Trinajstić information content (AvgIpc) is 3.07. The fourth-order valence-corrected chi connectivity index (χ4v) is 4.27. The summed E-state index contributed by atoms with van der Waals surface area (Å²) in [7, 11) is 0. The van der Waals surface area contributed by atoms with Crippen LogP contribution in [0.4, 0.5) is 5.69 Å². The van der Waals surface area contributed by atoms with Crippen LogP contribution in [0.2, 0.25) is 0 Å². The standard InChI is InChI=1S/C20H19N3OS/c1-13-4-7-16(8-5-13)22-19(24)14-6-9-17-18(11-14)25-20(23-17)15-3-2-10-21-12-15/h2-5,7-8,10,12,14H,6,9,11H2,1H3,(H,22,24). The number of thiazole rings is 1. The number of nitrogens with one attached hydrogen (secondary N) is 1. The molecule has 0 saturated heterocycles. The highest BCUT2D eigenvalue weighted by atomic mass is 32.1. The molecule has 2 heterocycles. The van der Waals surface area contributed by atoms with Crippen LogP contribution in [0, 0.1) is 12.8 Å². The number of hydrogen-bond acceptors (Lipinski definition) is 4. The molecule has 0 radical (unpaired) electrons. The molecule has 3 aromatic rings. The molecule has 4 nitrogen and oxygen atoms in total. The summed E-state index contributed by atoms with van der Waals surface area (Å²) in [6.45, 7) is 2.04. The molecule has 0 aliphatic heterocycles. The molecule has 4 rings (SSSR count). The Morgan fingerprint density at radius 2 is 2.08 bits per heavy atom. The summed E-state index contributed by atoms with van der Waals surface area (Å²) in [5, 5.41) is 4.04.